The smallest absolute Gasteiger partial charge is 0.0923 e. The summed E-state index contributed by atoms with van der Waals surface area (Å²) in [6.07, 6.45) is 3.41. The standard InChI is InChI=1S/C17H21NO/c1-4-14-8-9-16(18-12-14)11-17(3,19)15-7-5-6-13(2)10-15/h5-10,12,19H,4,11H2,1-3H3. The number of nitrogens with zero attached hydrogens (tertiary/aromatic N) is 1. The molecule has 1 aromatic carbocycles. The maximum absolute atomic E-state index is 10.7. The number of rotatable bonds is 4. The van der Waals surface area contributed by atoms with Crippen molar-refractivity contribution in [2.75, 3.05) is 0 Å². The molecule has 19 heavy (non-hydrogen) atoms. The van der Waals surface area contributed by atoms with E-state index in [9.17, 15) is 5.11 Å². The van der Waals surface area contributed by atoms with Crippen LogP contribution in [-0.2, 0) is 18.4 Å². The van der Waals surface area contributed by atoms with Crippen molar-refractivity contribution < 1.29 is 5.11 Å². The molecule has 0 spiro atoms. The van der Waals surface area contributed by atoms with Crippen LogP contribution in [0, 0.1) is 6.92 Å². The van der Waals surface area contributed by atoms with E-state index in [1.165, 1.54) is 5.56 Å². The van der Waals surface area contributed by atoms with Crippen LogP contribution >= 0.6 is 0 Å². The van der Waals surface area contributed by atoms with Crippen molar-refractivity contribution in [3.63, 3.8) is 0 Å². The third kappa shape index (κ3) is 3.42. The van der Waals surface area contributed by atoms with E-state index in [1.807, 2.05) is 50.4 Å². The Hall–Kier alpha value is -1.67. The van der Waals surface area contributed by atoms with E-state index in [0.29, 0.717) is 6.42 Å². The summed E-state index contributed by atoms with van der Waals surface area (Å²) >= 11 is 0. The monoisotopic (exact) mass is 255 g/mol. The fourth-order valence-electron chi connectivity index (χ4n) is 2.20. The lowest BCUT2D eigenvalue weighted by molar-refractivity contribution is 0.0565. The average molecular weight is 255 g/mol. The molecule has 0 fully saturated rings. The van der Waals surface area contributed by atoms with Gasteiger partial charge in [0.25, 0.3) is 0 Å². The van der Waals surface area contributed by atoms with E-state index >= 15 is 0 Å². The average Bonchev–Trinajstić information content (AvgIpc) is 2.39. The zero-order valence-corrected chi connectivity index (χ0v) is 11.9. The second-order valence-corrected chi connectivity index (χ2v) is 5.33. The Morgan fingerprint density at radius 1 is 1.21 bits per heavy atom. The third-order valence-electron chi connectivity index (χ3n) is 3.46. The molecule has 2 heteroatoms. The molecule has 1 unspecified atom stereocenters. The van der Waals surface area contributed by atoms with Crippen molar-refractivity contribution in [3.05, 3.63) is 65.0 Å². The van der Waals surface area contributed by atoms with Gasteiger partial charge in [-0.2, -0.15) is 0 Å². The van der Waals surface area contributed by atoms with E-state index in [1.54, 1.807) is 0 Å². The Bertz CT molecular complexity index is 543. The summed E-state index contributed by atoms with van der Waals surface area (Å²) in [5.74, 6) is 0. The fourth-order valence-corrected chi connectivity index (χ4v) is 2.20. The number of aromatic nitrogens is 1. The summed E-state index contributed by atoms with van der Waals surface area (Å²) < 4.78 is 0. The molecule has 1 aromatic heterocycles. The predicted molar refractivity (Wildman–Crippen MR) is 78.1 cm³/mol. The minimum absolute atomic E-state index is 0.528. The van der Waals surface area contributed by atoms with E-state index in [-0.39, 0.29) is 0 Å². The van der Waals surface area contributed by atoms with Crippen LogP contribution in [0.1, 0.15) is 36.2 Å². The zero-order chi connectivity index (χ0) is 13.9. The molecule has 0 aliphatic rings. The summed E-state index contributed by atoms with van der Waals surface area (Å²) in [6, 6.07) is 12.1. The van der Waals surface area contributed by atoms with Crippen LogP contribution < -0.4 is 0 Å². The van der Waals surface area contributed by atoms with Crippen LogP contribution in [-0.4, -0.2) is 10.1 Å². The first-order valence-electron chi connectivity index (χ1n) is 6.74. The van der Waals surface area contributed by atoms with Gasteiger partial charge in [-0.3, -0.25) is 4.98 Å². The molecule has 2 rings (SSSR count). The predicted octanol–water partition coefficient (Wildman–Crippen LogP) is 3.40. The van der Waals surface area contributed by atoms with Gasteiger partial charge in [0.05, 0.1) is 5.60 Å². The maximum Gasteiger partial charge on any atom is 0.0923 e. The zero-order valence-electron chi connectivity index (χ0n) is 11.9. The first-order valence-corrected chi connectivity index (χ1v) is 6.74. The summed E-state index contributed by atoms with van der Waals surface area (Å²) in [4.78, 5) is 4.42. The number of benzene rings is 1. The summed E-state index contributed by atoms with van der Waals surface area (Å²) in [7, 11) is 0. The number of hydrogen-bond donors (Lipinski definition) is 1. The SMILES string of the molecule is CCc1ccc(CC(C)(O)c2cccc(C)c2)nc1. The van der Waals surface area contributed by atoms with E-state index in [4.69, 9.17) is 0 Å². The molecule has 0 amide bonds. The third-order valence-corrected chi connectivity index (χ3v) is 3.46. The van der Waals surface area contributed by atoms with Gasteiger partial charge in [-0.25, -0.2) is 0 Å². The van der Waals surface area contributed by atoms with E-state index in [0.717, 1.165) is 23.2 Å². The Balaban J connectivity index is 2.20. The van der Waals surface area contributed by atoms with Gasteiger partial charge in [-0.15, -0.1) is 0 Å². The minimum Gasteiger partial charge on any atom is -0.385 e. The number of aliphatic hydroxyl groups is 1. The first kappa shape index (κ1) is 13.8. The highest BCUT2D eigenvalue weighted by atomic mass is 16.3. The van der Waals surface area contributed by atoms with Crippen molar-refractivity contribution in [2.24, 2.45) is 0 Å². The summed E-state index contributed by atoms with van der Waals surface area (Å²) in [6.45, 7) is 5.99. The number of aryl methyl sites for hydroxylation is 2. The normalized spacial score (nSPS) is 14.1. The Kier molecular flexibility index (Phi) is 4.01. The lowest BCUT2D eigenvalue weighted by atomic mass is 9.90. The number of pyridine rings is 1. The lowest BCUT2D eigenvalue weighted by Crippen LogP contribution is -2.24. The van der Waals surface area contributed by atoms with Gasteiger partial charge in [0, 0.05) is 18.3 Å². The highest BCUT2D eigenvalue weighted by molar-refractivity contribution is 5.28. The van der Waals surface area contributed by atoms with Crippen LogP contribution in [0.5, 0.6) is 0 Å². The summed E-state index contributed by atoms with van der Waals surface area (Å²) in [5.41, 5.74) is 3.36. The minimum atomic E-state index is -0.882. The van der Waals surface area contributed by atoms with Crippen LogP contribution in [0.15, 0.2) is 42.6 Å². The van der Waals surface area contributed by atoms with Gasteiger partial charge in [0.1, 0.15) is 0 Å². The van der Waals surface area contributed by atoms with Crippen LogP contribution in [0.25, 0.3) is 0 Å². The molecule has 0 aliphatic heterocycles. The largest absolute Gasteiger partial charge is 0.385 e. The Labute approximate surface area is 115 Å². The Morgan fingerprint density at radius 2 is 2.00 bits per heavy atom. The molecule has 0 aliphatic carbocycles. The molecule has 0 saturated heterocycles. The highest BCUT2D eigenvalue weighted by Gasteiger charge is 2.24. The van der Waals surface area contributed by atoms with E-state index < -0.39 is 5.60 Å². The van der Waals surface area contributed by atoms with Gasteiger partial charge in [-0.1, -0.05) is 42.8 Å². The topological polar surface area (TPSA) is 33.1 Å². The van der Waals surface area contributed by atoms with Crippen LogP contribution in [0.4, 0.5) is 0 Å². The Morgan fingerprint density at radius 3 is 2.58 bits per heavy atom. The summed E-state index contributed by atoms with van der Waals surface area (Å²) in [5, 5.41) is 10.7. The van der Waals surface area contributed by atoms with Crippen molar-refractivity contribution in [2.45, 2.75) is 39.2 Å². The molecule has 0 bridgehead atoms. The maximum atomic E-state index is 10.7. The van der Waals surface area contributed by atoms with Gasteiger partial charge in [0.2, 0.25) is 0 Å². The van der Waals surface area contributed by atoms with Crippen LogP contribution in [0.3, 0.4) is 0 Å². The van der Waals surface area contributed by atoms with Gasteiger partial charge >= 0.3 is 0 Å². The molecule has 0 radical (unpaired) electrons. The molecule has 100 valence electrons. The molecular weight excluding hydrogens is 234 g/mol. The van der Waals surface area contributed by atoms with Gasteiger partial charge in [0.15, 0.2) is 0 Å². The van der Waals surface area contributed by atoms with Gasteiger partial charge < -0.3 is 5.11 Å². The lowest BCUT2D eigenvalue weighted by Gasteiger charge is -2.24. The number of hydrogen-bond acceptors (Lipinski definition) is 2. The molecule has 0 saturated carbocycles. The first-order chi connectivity index (χ1) is 9.01. The molecule has 2 aromatic rings. The molecule has 2 nitrogen and oxygen atoms in total. The second-order valence-electron chi connectivity index (χ2n) is 5.33. The van der Waals surface area contributed by atoms with Crippen molar-refractivity contribution in [3.8, 4) is 0 Å². The highest BCUT2D eigenvalue weighted by Crippen LogP contribution is 2.25. The second kappa shape index (κ2) is 5.54. The molecule has 1 atom stereocenters. The van der Waals surface area contributed by atoms with Crippen molar-refractivity contribution >= 4 is 0 Å². The van der Waals surface area contributed by atoms with E-state index in [2.05, 4.69) is 18.0 Å². The molecule has 1 heterocycles. The van der Waals surface area contributed by atoms with Crippen molar-refractivity contribution in [1.82, 2.24) is 4.98 Å². The fraction of sp³-hybridized carbons (Fsp3) is 0.353. The molecule has 1 N–H and O–H groups in total. The van der Waals surface area contributed by atoms with Crippen LogP contribution in [0.2, 0.25) is 0 Å². The molecular formula is C17H21NO. The van der Waals surface area contributed by atoms with Gasteiger partial charge in [-0.05, 0) is 37.5 Å². The van der Waals surface area contributed by atoms with Crippen molar-refractivity contribution in [1.29, 1.82) is 0 Å². The quantitative estimate of drug-likeness (QED) is 0.908.